The van der Waals surface area contributed by atoms with Gasteiger partial charge in [-0.1, -0.05) is 11.6 Å². The van der Waals surface area contributed by atoms with Gasteiger partial charge in [-0.2, -0.15) is 0 Å². The molecule has 1 aliphatic heterocycles. The molecule has 0 aromatic heterocycles. The zero-order chi connectivity index (χ0) is 9.26. The second-order valence-electron chi connectivity index (χ2n) is 3.33. The van der Waals surface area contributed by atoms with Crippen LogP contribution in [0.4, 0.5) is 5.69 Å². The van der Waals surface area contributed by atoms with Crippen LogP contribution in [-0.4, -0.2) is 18.2 Å². The van der Waals surface area contributed by atoms with E-state index in [4.69, 9.17) is 11.6 Å². The van der Waals surface area contributed by atoms with Gasteiger partial charge in [0.25, 0.3) is 0 Å². The average Bonchev–Trinajstić information content (AvgIpc) is 2.61. The van der Waals surface area contributed by atoms with Gasteiger partial charge in [0, 0.05) is 19.2 Å². The van der Waals surface area contributed by atoms with Crippen molar-refractivity contribution in [1.29, 1.82) is 0 Å². The summed E-state index contributed by atoms with van der Waals surface area (Å²) < 4.78 is 0. The van der Waals surface area contributed by atoms with E-state index in [1.807, 2.05) is 0 Å². The molecule has 13 heavy (non-hydrogen) atoms. The maximum Gasteiger partial charge on any atom is 0.117 e. The maximum absolute atomic E-state index is 9.31. The Labute approximate surface area is 82.7 Å². The number of hydrogen-bond acceptors (Lipinski definition) is 2. The van der Waals surface area contributed by atoms with Crippen LogP contribution >= 0.6 is 11.6 Å². The van der Waals surface area contributed by atoms with Gasteiger partial charge in [-0.05, 0) is 25.0 Å². The van der Waals surface area contributed by atoms with Crippen LogP contribution in [0.25, 0.3) is 0 Å². The molecule has 70 valence electrons. The zero-order valence-corrected chi connectivity index (χ0v) is 8.09. The number of phenols is 1. The van der Waals surface area contributed by atoms with Gasteiger partial charge in [-0.15, -0.1) is 0 Å². The molecule has 1 heterocycles. The van der Waals surface area contributed by atoms with E-state index >= 15 is 0 Å². The van der Waals surface area contributed by atoms with E-state index in [1.165, 1.54) is 12.8 Å². The molecule has 0 amide bonds. The first-order valence-electron chi connectivity index (χ1n) is 4.51. The summed E-state index contributed by atoms with van der Waals surface area (Å²) >= 11 is 6.02. The van der Waals surface area contributed by atoms with E-state index in [9.17, 15) is 5.11 Å². The monoisotopic (exact) mass is 197 g/mol. The third kappa shape index (κ3) is 1.73. The minimum Gasteiger partial charge on any atom is -0.508 e. The van der Waals surface area contributed by atoms with Crippen LogP contribution in [0.3, 0.4) is 0 Å². The Morgan fingerprint density at radius 1 is 1.23 bits per heavy atom. The first kappa shape index (κ1) is 8.70. The minimum atomic E-state index is 0.284. The summed E-state index contributed by atoms with van der Waals surface area (Å²) in [4.78, 5) is 2.21. The van der Waals surface area contributed by atoms with Crippen molar-refractivity contribution in [2.75, 3.05) is 18.0 Å². The average molecular weight is 198 g/mol. The molecule has 0 saturated carbocycles. The van der Waals surface area contributed by atoms with Crippen LogP contribution in [0.5, 0.6) is 5.75 Å². The van der Waals surface area contributed by atoms with Gasteiger partial charge in [0.15, 0.2) is 0 Å². The third-order valence-electron chi connectivity index (χ3n) is 2.38. The topological polar surface area (TPSA) is 23.5 Å². The predicted octanol–water partition coefficient (Wildman–Crippen LogP) is 2.65. The highest BCUT2D eigenvalue weighted by atomic mass is 35.5. The zero-order valence-electron chi connectivity index (χ0n) is 7.33. The Morgan fingerprint density at radius 2 is 1.92 bits per heavy atom. The van der Waals surface area contributed by atoms with Crippen LogP contribution in [0.15, 0.2) is 18.2 Å². The summed E-state index contributed by atoms with van der Waals surface area (Å²) in [6, 6.07) is 5.08. The lowest BCUT2D eigenvalue weighted by Gasteiger charge is -2.18. The lowest BCUT2D eigenvalue weighted by molar-refractivity contribution is 0.475. The molecule has 1 aromatic carbocycles. The van der Waals surface area contributed by atoms with E-state index in [0.717, 1.165) is 23.8 Å². The van der Waals surface area contributed by atoms with Crippen molar-refractivity contribution >= 4 is 17.3 Å². The molecular formula is C10H12ClNO. The highest BCUT2D eigenvalue weighted by molar-refractivity contribution is 6.33. The molecule has 1 N–H and O–H groups in total. The van der Waals surface area contributed by atoms with Crippen molar-refractivity contribution in [3.8, 4) is 5.75 Å². The molecule has 0 unspecified atom stereocenters. The standard InChI is InChI=1S/C10H12ClNO/c11-9-4-3-8(13)7-10(9)12-5-1-2-6-12/h3-4,7,13H,1-2,5-6H2. The summed E-state index contributed by atoms with van der Waals surface area (Å²) in [5.74, 6) is 0.284. The normalized spacial score (nSPS) is 16.5. The molecule has 0 aliphatic carbocycles. The third-order valence-corrected chi connectivity index (χ3v) is 2.70. The van der Waals surface area contributed by atoms with E-state index in [-0.39, 0.29) is 5.75 Å². The summed E-state index contributed by atoms with van der Waals surface area (Å²) in [7, 11) is 0. The number of halogens is 1. The summed E-state index contributed by atoms with van der Waals surface area (Å²) in [5.41, 5.74) is 0.958. The Hall–Kier alpha value is -0.890. The van der Waals surface area contributed by atoms with Crippen molar-refractivity contribution in [3.05, 3.63) is 23.2 Å². The Morgan fingerprint density at radius 3 is 2.62 bits per heavy atom. The summed E-state index contributed by atoms with van der Waals surface area (Å²) in [6.45, 7) is 2.09. The van der Waals surface area contributed by atoms with Crippen LogP contribution in [0.1, 0.15) is 12.8 Å². The fourth-order valence-electron chi connectivity index (χ4n) is 1.70. The lowest BCUT2D eigenvalue weighted by atomic mass is 10.3. The number of phenolic OH excluding ortho intramolecular Hbond substituents is 1. The van der Waals surface area contributed by atoms with Gasteiger partial charge >= 0.3 is 0 Å². The number of rotatable bonds is 1. The maximum atomic E-state index is 9.31. The number of anilines is 1. The SMILES string of the molecule is Oc1ccc(Cl)c(N2CCCC2)c1. The smallest absolute Gasteiger partial charge is 0.117 e. The van der Waals surface area contributed by atoms with Gasteiger partial charge in [-0.3, -0.25) is 0 Å². The quantitative estimate of drug-likeness (QED) is 0.748. The predicted molar refractivity (Wildman–Crippen MR) is 54.6 cm³/mol. The fraction of sp³-hybridized carbons (Fsp3) is 0.400. The molecule has 1 saturated heterocycles. The largest absolute Gasteiger partial charge is 0.508 e. The van der Waals surface area contributed by atoms with Crippen molar-refractivity contribution in [2.24, 2.45) is 0 Å². The van der Waals surface area contributed by atoms with E-state index < -0.39 is 0 Å². The van der Waals surface area contributed by atoms with E-state index in [1.54, 1.807) is 18.2 Å². The molecule has 2 rings (SSSR count). The van der Waals surface area contributed by atoms with Gasteiger partial charge in [0.2, 0.25) is 0 Å². The summed E-state index contributed by atoms with van der Waals surface area (Å²) in [5, 5.41) is 10.0. The van der Waals surface area contributed by atoms with Gasteiger partial charge in [-0.25, -0.2) is 0 Å². The van der Waals surface area contributed by atoms with Gasteiger partial charge in [0.1, 0.15) is 5.75 Å². The Bertz CT molecular complexity index is 308. The van der Waals surface area contributed by atoms with Crippen molar-refractivity contribution in [1.82, 2.24) is 0 Å². The Kier molecular flexibility index (Phi) is 2.32. The first-order chi connectivity index (χ1) is 6.27. The molecule has 1 aliphatic rings. The molecule has 1 aromatic rings. The summed E-state index contributed by atoms with van der Waals surface area (Å²) in [6.07, 6.45) is 2.43. The van der Waals surface area contributed by atoms with Crippen LogP contribution in [-0.2, 0) is 0 Å². The number of nitrogens with zero attached hydrogens (tertiary/aromatic N) is 1. The second-order valence-corrected chi connectivity index (χ2v) is 3.74. The molecule has 0 spiro atoms. The van der Waals surface area contributed by atoms with E-state index in [0.29, 0.717) is 0 Å². The number of hydrogen-bond donors (Lipinski definition) is 1. The van der Waals surface area contributed by atoms with Crippen molar-refractivity contribution < 1.29 is 5.11 Å². The highest BCUT2D eigenvalue weighted by Crippen LogP contribution is 2.31. The minimum absolute atomic E-state index is 0.284. The van der Waals surface area contributed by atoms with Crippen LogP contribution < -0.4 is 4.90 Å². The molecule has 0 bridgehead atoms. The van der Waals surface area contributed by atoms with Crippen molar-refractivity contribution in [2.45, 2.75) is 12.8 Å². The van der Waals surface area contributed by atoms with Gasteiger partial charge in [0.05, 0.1) is 10.7 Å². The molecule has 0 atom stereocenters. The first-order valence-corrected chi connectivity index (χ1v) is 4.88. The molecule has 2 nitrogen and oxygen atoms in total. The molecular weight excluding hydrogens is 186 g/mol. The lowest BCUT2D eigenvalue weighted by Crippen LogP contribution is -2.17. The molecule has 0 radical (unpaired) electrons. The van der Waals surface area contributed by atoms with Crippen LogP contribution in [0.2, 0.25) is 5.02 Å². The molecule has 1 fully saturated rings. The van der Waals surface area contributed by atoms with Gasteiger partial charge < -0.3 is 10.0 Å². The molecule has 3 heteroatoms. The number of aromatic hydroxyl groups is 1. The van der Waals surface area contributed by atoms with Crippen molar-refractivity contribution in [3.63, 3.8) is 0 Å². The van der Waals surface area contributed by atoms with E-state index in [2.05, 4.69) is 4.90 Å². The second kappa shape index (κ2) is 3.46. The highest BCUT2D eigenvalue weighted by Gasteiger charge is 2.15. The Balaban J connectivity index is 2.32. The van der Waals surface area contributed by atoms with Crippen LogP contribution in [0, 0.1) is 0 Å². The fourth-order valence-corrected chi connectivity index (χ4v) is 1.94. The number of benzene rings is 1.